The van der Waals surface area contributed by atoms with Crippen molar-refractivity contribution >= 4 is 44.1 Å². The van der Waals surface area contributed by atoms with Crippen molar-refractivity contribution in [3.63, 3.8) is 0 Å². The van der Waals surface area contributed by atoms with Crippen LogP contribution in [0.4, 0.5) is 10.1 Å². The van der Waals surface area contributed by atoms with E-state index in [1.165, 1.54) is 28.6 Å². The van der Waals surface area contributed by atoms with Gasteiger partial charge in [0.05, 0.1) is 27.5 Å². The molecule has 0 bridgehead atoms. The number of anilines is 1. The summed E-state index contributed by atoms with van der Waals surface area (Å²) in [6.45, 7) is 1.22. The fraction of sp³-hybridized carbons (Fsp3) is 0.286. The van der Waals surface area contributed by atoms with Gasteiger partial charge in [0.1, 0.15) is 5.82 Å². The van der Waals surface area contributed by atoms with Gasteiger partial charge in [-0.25, -0.2) is 12.8 Å². The lowest BCUT2D eigenvalue weighted by molar-refractivity contribution is 0.0952. The Balaban J connectivity index is 1.42. The van der Waals surface area contributed by atoms with E-state index in [0.717, 1.165) is 17.3 Å². The summed E-state index contributed by atoms with van der Waals surface area (Å²) < 4.78 is 41.2. The Hall–Kier alpha value is -2.58. The molecule has 1 amide bonds. The van der Waals surface area contributed by atoms with Crippen LogP contribution in [0.1, 0.15) is 23.2 Å². The molecule has 0 saturated carbocycles. The van der Waals surface area contributed by atoms with Crippen LogP contribution in [0.2, 0.25) is 5.02 Å². The number of hydrogen-bond donors (Lipinski definition) is 1. The molecular weight excluding hydrogens is 429 g/mol. The average Bonchev–Trinajstić information content (AvgIpc) is 3.09. The van der Waals surface area contributed by atoms with E-state index in [1.54, 1.807) is 12.1 Å². The van der Waals surface area contributed by atoms with Crippen molar-refractivity contribution in [2.45, 2.75) is 19.4 Å². The van der Waals surface area contributed by atoms with Gasteiger partial charge in [0, 0.05) is 25.8 Å². The first-order valence-electron chi connectivity index (χ1n) is 9.68. The summed E-state index contributed by atoms with van der Waals surface area (Å²) in [6.07, 6.45) is 3.28. The van der Waals surface area contributed by atoms with Crippen molar-refractivity contribution in [1.29, 1.82) is 0 Å². The lowest BCUT2D eigenvalue weighted by Gasteiger charge is -2.28. The largest absolute Gasteiger partial charge is 0.350 e. The van der Waals surface area contributed by atoms with Crippen LogP contribution < -0.4 is 9.62 Å². The highest BCUT2D eigenvalue weighted by Gasteiger charge is 2.26. The van der Waals surface area contributed by atoms with E-state index in [2.05, 4.69) is 5.32 Å². The van der Waals surface area contributed by atoms with Crippen LogP contribution in [-0.4, -0.2) is 37.7 Å². The van der Waals surface area contributed by atoms with Crippen LogP contribution >= 0.6 is 11.6 Å². The normalized spacial score (nSPS) is 16.0. The first-order valence-corrected chi connectivity index (χ1v) is 11.7. The average molecular weight is 450 g/mol. The number of carbonyl (C=O) groups excluding carboxylic acids is 1. The Bertz CT molecular complexity index is 1210. The molecule has 1 saturated heterocycles. The molecule has 158 valence electrons. The summed E-state index contributed by atoms with van der Waals surface area (Å²) in [5, 5.41) is 3.92. The van der Waals surface area contributed by atoms with Gasteiger partial charge in [0.2, 0.25) is 10.0 Å². The fourth-order valence-corrected chi connectivity index (χ4v) is 5.55. The van der Waals surface area contributed by atoms with Crippen LogP contribution in [0.5, 0.6) is 0 Å². The topological polar surface area (TPSA) is 71.4 Å². The zero-order valence-electron chi connectivity index (χ0n) is 16.1. The van der Waals surface area contributed by atoms with Gasteiger partial charge < -0.3 is 9.88 Å². The van der Waals surface area contributed by atoms with Gasteiger partial charge in [0.25, 0.3) is 5.91 Å². The summed E-state index contributed by atoms with van der Waals surface area (Å²) in [5.74, 6) is -0.546. The van der Waals surface area contributed by atoms with Gasteiger partial charge in [-0.05, 0) is 60.7 Å². The maximum absolute atomic E-state index is 13.5. The highest BCUT2D eigenvalue weighted by atomic mass is 35.5. The summed E-state index contributed by atoms with van der Waals surface area (Å²) >= 11 is 6.28. The van der Waals surface area contributed by atoms with Crippen LogP contribution in [0, 0.1) is 5.82 Å². The standard InChI is InChI=1S/C21H21ClFN3O3S/c22-19-14-17(26-9-1-2-12-30(26,28)29)5-6-18(19)21(27)24-8-11-25-10-7-15-3-4-16(23)13-20(15)25/h3-7,10,13-14H,1-2,8-9,11-12H2,(H,24,27). The second-order valence-corrected chi connectivity index (χ2v) is 9.65. The van der Waals surface area contributed by atoms with Crippen molar-refractivity contribution in [2.75, 3.05) is 23.1 Å². The molecule has 30 heavy (non-hydrogen) atoms. The summed E-state index contributed by atoms with van der Waals surface area (Å²) in [4.78, 5) is 12.5. The smallest absolute Gasteiger partial charge is 0.252 e. The van der Waals surface area contributed by atoms with Crippen molar-refractivity contribution in [3.8, 4) is 0 Å². The number of nitrogens with zero attached hydrogens (tertiary/aromatic N) is 2. The summed E-state index contributed by atoms with van der Waals surface area (Å²) in [7, 11) is -3.34. The van der Waals surface area contributed by atoms with Crippen LogP contribution in [0.25, 0.3) is 10.9 Å². The van der Waals surface area contributed by atoms with E-state index < -0.39 is 10.0 Å². The number of carbonyl (C=O) groups is 1. The van der Waals surface area contributed by atoms with E-state index in [0.29, 0.717) is 31.7 Å². The van der Waals surface area contributed by atoms with Gasteiger partial charge >= 0.3 is 0 Å². The Kier molecular flexibility index (Phi) is 5.71. The minimum atomic E-state index is -3.34. The molecule has 0 spiro atoms. The molecule has 4 rings (SSSR count). The lowest BCUT2D eigenvalue weighted by atomic mass is 10.2. The monoisotopic (exact) mass is 449 g/mol. The molecule has 6 nitrogen and oxygen atoms in total. The number of rotatable bonds is 5. The number of fused-ring (bicyclic) bond motifs is 1. The second-order valence-electron chi connectivity index (χ2n) is 7.23. The molecule has 0 aliphatic carbocycles. The molecule has 1 N–H and O–H groups in total. The summed E-state index contributed by atoms with van der Waals surface area (Å²) in [5.41, 5.74) is 1.50. The van der Waals surface area contributed by atoms with Crippen molar-refractivity contribution < 1.29 is 17.6 Å². The number of aromatic nitrogens is 1. The van der Waals surface area contributed by atoms with E-state index >= 15 is 0 Å². The van der Waals surface area contributed by atoms with E-state index in [-0.39, 0.29) is 28.1 Å². The number of benzene rings is 2. The maximum Gasteiger partial charge on any atom is 0.252 e. The van der Waals surface area contributed by atoms with Gasteiger partial charge in [-0.1, -0.05) is 11.6 Å². The molecule has 3 aromatic rings. The number of sulfonamides is 1. The molecule has 0 unspecified atom stereocenters. The minimum absolute atomic E-state index is 0.116. The van der Waals surface area contributed by atoms with E-state index in [9.17, 15) is 17.6 Å². The zero-order chi connectivity index (χ0) is 21.3. The first-order chi connectivity index (χ1) is 14.3. The van der Waals surface area contributed by atoms with Gasteiger partial charge in [-0.15, -0.1) is 0 Å². The second kappa shape index (κ2) is 8.28. The highest BCUT2D eigenvalue weighted by molar-refractivity contribution is 7.92. The zero-order valence-corrected chi connectivity index (χ0v) is 17.7. The van der Waals surface area contributed by atoms with Crippen LogP contribution in [0.15, 0.2) is 48.7 Å². The molecule has 9 heteroatoms. The Labute approximate surface area is 179 Å². The molecule has 1 fully saturated rings. The van der Waals surface area contributed by atoms with Crippen LogP contribution in [0.3, 0.4) is 0 Å². The Morgan fingerprint density at radius 3 is 2.73 bits per heavy atom. The molecule has 0 radical (unpaired) electrons. The molecule has 1 aromatic heterocycles. The Morgan fingerprint density at radius 1 is 1.13 bits per heavy atom. The number of hydrogen-bond acceptors (Lipinski definition) is 3. The number of nitrogens with one attached hydrogen (secondary N) is 1. The third kappa shape index (κ3) is 4.15. The number of amides is 1. The van der Waals surface area contributed by atoms with E-state index in [4.69, 9.17) is 11.6 Å². The van der Waals surface area contributed by atoms with Crippen molar-refractivity contribution in [1.82, 2.24) is 9.88 Å². The maximum atomic E-state index is 13.5. The highest BCUT2D eigenvalue weighted by Crippen LogP contribution is 2.28. The van der Waals surface area contributed by atoms with Gasteiger partial charge in [0.15, 0.2) is 0 Å². The molecule has 1 aliphatic heterocycles. The predicted molar refractivity (Wildman–Crippen MR) is 116 cm³/mol. The molecular formula is C21H21ClFN3O3S. The minimum Gasteiger partial charge on any atom is -0.350 e. The lowest BCUT2D eigenvalue weighted by Crippen LogP contribution is -2.37. The fourth-order valence-electron chi connectivity index (χ4n) is 3.66. The SMILES string of the molecule is O=C(NCCn1ccc2ccc(F)cc21)c1ccc(N2CCCCS2(=O)=O)cc1Cl. The third-order valence-electron chi connectivity index (χ3n) is 5.21. The molecule has 2 heterocycles. The first kappa shape index (κ1) is 20.7. The quantitative estimate of drug-likeness (QED) is 0.644. The molecule has 1 aliphatic rings. The Morgan fingerprint density at radius 2 is 1.97 bits per heavy atom. The predicted octanol–water partition coefficient (Wildman–Crippen LogP) is 3.79. The summed E-state index contributed by atoms with van der Waals surface area (Å²) in [6, 6.07) is 11.1. The molecule has 2 aromatic carbocycles. The molecule has 0 atom stereocenters. The van der Waals surface area contributed by atoms with Gasteiger partial charge in [-0.3, -0.25) is 9.10 Å². The van der Waals surface area contributed by atoms with Gasteiger partial charge in [-0.2, -0.15) is 0 Å². The van der Waals surface area contributed by atoms with Crippen LogP contribution in [-0.2, 0) is 16.6 Å². The van der Waals surface area contributed by atoms with Crippen molar-refractivity contribution in [2.24, 2.45) is 0 Å². The van der Waals surface area contributed by atoms with E-state index in [1.807, 2.05) is 16.8 Å². The third-order valence-corrected chi connectivity index (χ3v) is 7.39. The number of halogens is 2. The van der Waals surface area contributed by atoms with Crippen molar-refractivity contribution in [3.05, 3.63) is 65.1 Å².